The van der Waals surface area contributed by atoms with Gasteiger partial charge < -0.3 is 10.2 Å². The Bertz CT molecular complexity index is 230. The zero-order valence-electron chi connectivity index (χ0n) is 10.4. The van der Waals surface area contributed by atoms with Gasteiger partial charge in [0.05, 0.1) is 0 Å². The maximum Gasteiger partial charge on any atom is 0.225 e. The normalized spacial score (nSPS) is 27.7. The molecule has 2 fully saturated rings. The SMILES string of the molecule is CN(C(=O)C1CCCCC1)C1CCCNC1. The number of piperidine rings is 1. The molecular weight excluding hydrogens is 200 g/mol. The molecule has 3 heteroatoms. The van der Waals surface area contributed by atoms with Crippen molar-refractivity contribution < 1.29 is 4.79 Å². The van der Waals surface area contributed by atoms with E-state index in [0.717, 1.165) is 25.9 Å². The first-order chi connectivity index (χ1) is 7.79. The van der Waals surface area contributed by atoms with E-state index in [1.54, 1.807) is 0 Å². The fourth-order valence-electron chi connectivity index (χ4n) is 2.98. The van der Waals surface area contributed by atoms with Crippen LogP contribution in [-0.2, 0) is 4.79 Å². The van der Waals surface area contributed by atoms with Gasteiger partial charge in [-0.1, -0.05) is 19.3 Å². The first kappa shape index (κ1) is 11.9. The van der Waals surface area contributed by atoms with E-state index in [9.17, 15) is 4.79 Å². The average molecular weight is 224 g/mol. The number of likely N-dealkylation sites (N-methyl/N-ethyl adjacent to an activating group) is 1. The van der Waals surface area contributed by atoms with E-state index in [1.807, 2.05) is 11.9 Å². The number of carbonyl (C=O) groups is 1. The van der Waals surface area contributed by atoms with E-state index in [0.29, 0.717) is 17.9 Å². The van der Waals surface area contributed by atoms with Crippen LogP contribution in [0.5, 0.6) is 0 Å². The molecule has 16 heavy (non-hydrogen) atoms. The molecule has 1 aliphatic heterocycles. The second kappa shape index (κ2) is 5.67. The fourth-order valence-corrected chi connectivity index (χ4v) is 2.98. The van der Waals surface area contributed by atoms with Gasteiger partial charge in [-0.25, -0.2) is 0 Å². The van der Waals surface area contributed by atoms with E-state index < -0.39 is 0 Å². The fraction of sp³-hybridized carbons (Fsp3) is 0.923. The van der Waals surface area contributed by atoms with Gasteiger partial charge in [0, 0.05) is 25.6 Å². The minimum atomic E-state index is 0.320. The highest BCUT2D eigenvalue weighted by Gasteiger charge is 2.28. The summed E-state index contributed by atoms with van der Waals surface area (Å²) in [6.45, 7) is 2.09. The second-order valence-corrected chi connectivity index (χ2v) is 5.28. The topological polar surface area (TPSA) is 32.3 Å². The molecule has 2 rings (SSSR count). The maximum atomic E-state index is 12.3. The van der Waals surface area contributed by atoms with Crippen molar-refractivity contribution >= 4 is 5.91 Å². The van der Waals surface area contributed by atoms with Crippen LogP contribution in [0.25, 0.3) is 0 Å². The van der Waals surface area contributed by atoms with Crippen LogP contribution in [0.4, 0.5) is 0 Å². The highest BCUT2D eigenvalue weighted by molar-refractivity contribution is 5.79. The summed E-state index contributed by atoms with van der Waals surface area (Å²) in [5, 5.41) is 3.38. The van der Waals surface area contributed by atoms with Gasteiger partial charge in [-0.15, -0.1) is 0 Å². The third kappa shape index (κ3) is 2.76. The van der Waals surface area contributed by atoms with Gasteiger partial charge in [0.25, 0.3) is 0 Å². The van der Waals surface area contributed by atoms with Gasteiger partial charge in [0.15, 0.2) is 0 Å². The molecule has 0 aromatic carbocycles. The molecule has 2 aliphatic rings. The van der Waals surface area contributed by atoms with Crippen molar-refractivity contribution in [2.45, 2.75) is 51.0 Å². The molecule has 1 atom stereocenters. The number of nitrogens with zero attached hydrogens (tertiary/aromatic N) is 1. The lowest BCUT2D eigenvalue weighted by Gasteiger charge is -2.35. The highest BCUT2D eigenvalue weighted by atomic mass is 16.2. The Balaban J connectivity index is 1.86. The van der Waals surface area contributed by atoms with Gasteiger partial charge in [-0.3, -0.25) is 4.79 Å². The van der Waals surface area contributed by atoms with Gasteiger partial charge in [0.1, 0.15) is 0 Å². The molecule has 3 nitrogen and oxygen atoms in total. The van der Waals surface area contributed by atoms with Crippen molar-refractivity contribution in [3.05, 3.63) is 0 Å². The Hall–Kier alpha value is -0.570. The van der Waals surface area contributed by atoms with Crippen molar-refractivity contribution in [2.75, 3.05) is 20.1 Å². The first-order valence-corrected chi connectivity index (χ1v) is 6.76. The zero-order chi connectivity index (χ0) is 11.4. The summed E-state index contributed by atoms with van der Waals surface area (Å²) >= 11 is 0. The molecule has 1 heterocycles. The molecule has 0 radical (unpaired) electrons. The Kier molecular flexibility index (Phi) is 4.22. The predicted molar refractivity (Wildman–Crippen MR) is 65.2 cm³/mol. The van der Waals surface area contributed by atoms with Crippen molar-refractivity contribution in [3.63, 3.8) is 0 Å². The summed E-state index contributed by atoms with van der Waals surface area (Å²) in [5.74, 6) is 0.717. The Labute approximate surface area is 98.6 Å². The molecule has 0 spiro atoms. The molecule has 0 aromatic heterocycles. The van der Waals surface area contributed by atoms with Crippen LogP contribution in [0.3, 0.4) is 0 Å². The van der Waals surface area contributed by atoms with E-state index >= 15 is 0 Å². The van der Waals surface area contributed by atoms with Crippen LogP contribution in [0.1, 0.15) is 44.9 Å². The van der Waals surface area contributed by atoms with Crippen LogP contribution in [-0.4, -0.2) is 37.0 Å². The number of carbonyl (C=O) groups excluding carboxylic acids is 1. The van der Waals surface area contributed by atoms with Crippen LogP contribution in [0.15, 0.2) is 0 Å². The van der Waals surface area contributed by atoms with E-state index in [4.69, 9.17) is 0 Å². The quantitative estimate of drug-likeness (QED) is 0.775. The Morgan fingerprint density at radius 1 is 1.12 bits per heavy atom. The third-order valence-electron chi connectivity index (χ3n) is 4.12. The van der Waals surface area contributed by atoms with Crippen molar-refractivity contribution in [3.8, 4) is 0 Å². The Morgan fingerprint density at radius 2 is 1.88 bits per heavy atom. The van der Waals surface area contributed by atoms with E-state index in [2.05, 4.69) is 5.32 Å². The van der Waals surface area contributed by atoms with Crippen LogP contribution in [0, 0.1) is 5.92 Å². The minimum absolute atomic E-state index is 0.320. The van der Waals surface area contributed by atoms with Gasteiger partial charge in [-0.2, -0.15) is 0 Å². The monoisotopic (exact) mass is 224 g/mol. The molecule has 1 unspecified atom stereocenters. The maximum absolute atomic E-state index is 12.3. The predicted octanol–water partition coefficient (Wildman–Crippen LogP) is 1.78. The number of hydrogen-bond donors (Lipinski definition) is 1. The molecule has 0 bridgehead atoms. The molecular formula is C13H24N2O. The van der Waals surface area contributed by atoms with Crippen molar-refractivity contribution in [1.82, 2.24) is 10.2 Å². The standard InChI is InChI=1S/C13H24N2O/c1-15(12-8-5-9-14-10-12)13(16)11-6-3-2-4-7-11/h11-12,14H,2-10H2,1H3. The van der Waals surface area contributed by atoms with Gasteiger partial charge in [-0.05, 0) is 32.2 Å². The molecule has 1 N–H and O–H groups in total. The summed E-state index contributed by atoms with van der Waals surface area (Å²) in [6.07, 6.45) is 8.40. The lowest BCUT2D eigenvalue weighted by Crippen LogP contribution is -2.48. The largest absolute Gasteiger partial charge is 0.341 e. The molecule has 0 aromatic rings. The smallest absolute Gasteiger partial charge is 0.225 e. The van der Waals surface area contributed by atoms with Crippen molar-refractivity contribution in [1.29, 1.82) is 0 Å². The van der Waals surface area contributed by atoms with Crippen LogP contribution < -0.4 is 5.32 Å². The van der Waals surface area contributed by atoms with Gasteiger partial charge in [0.2, 0.25) is 5.91 Å². The summed E-state index contributed by atoms with van der Waals surface area (Å²) in [6, 6.07) is 0.433. The second-order valence-electron chi connectivity index (χ2n) is 5.28. The lowest BCUT2D eigenvalue weighted by molar-refractivity contribution is -0.137. The van der Waals surface area contributed by atoms with E-state index in [1.165, 1.54) is 32.1 Å². The molecule has 1 saturated heterocycles. The van der Waals surface area contributed by atoms with Crippen LogP contribution in [0.2, 0.25) is 0 Å². The summed E-state index contributed by atoms with van der Waals surface area (Å²) < 4.78 is 0. The summed E-state index contributed by atoms with van der Waals surface area (Å²) in [5.41, 5.74) is 0. The molecule has 92 valence electrons. The number of rotatable bonds is 2. The third-order valence-corrected chi connectivity index (χ3v) is 4.12. The molecule has 1 aliphatic carbocycles. The highest BCUT2D eigenvalue weighted by Crippen LogP contribution is 2.26. The van der Waals surface area contributed by atoms with Crippen molar-refractivity contribution in [2.24, 2.45) is 5.92 Å². The lowest BCUT2D eigenvalue weighted by atomic mass is 9.88. The number of hydrogen-bond acceptors (Lipinski definition) is 2. The zero-order valence-corrected chi connectivity index (χ0v) is 10.4. The minimum Gasteiger partial charge on any atom is -0.341 e. The van der Waals surface area contributed by atoms with Crippen LogP contribution >= 0.6 is 0 Å². The summed E-state index contributed by atoms with van der Waals surface area (Å²) in [4.78, 5) is 14.3. The Morgan fingerprint density at radius 3 is 2.50 bits per heavy atom. The molecule has 1 saturated carbocycles. The summed E-state index contributed by atoms with van der Waals surface area (Å²) in [7, 11) is 1.99. The number of nitrogens with one attached hydrogen (secondary N) is 1. The number of amides is 1. The first-order valence-electron chi connectivity index (χ1n) is 6.76. The average Bonchev–Trinajstić information content (AvgIpc) is 2.39. The van der Waals surface area contributed by atoms with E-state index in [-0.39, 0.29) is 0 Å². The molecule has 1 amide bonds. The van der Waals surface area contributed by atoms with Gasteiger partial charge >= 0.3 is 0 Å².